The molecule has 108 valence electrons. The summed E-state index contributed by atoms with van der Waals surface area (Å²) in [6, 6.07) is 5.14. The van der Waals surface area contributed by atoms with Crippen LogP contribution in [0, 0.1) is 0 Å². The Morgan fingerprint density at radius 3 is 2.37 bits per heavy atom. The molecule has 19 heavy (non-hydrogen) atoms. The molecule has 0 heterocycles. The van der Waals surface area contributed by atoms with Crippen molar-refractivity contribution in [2.24, 2.45) is 0 Å². The largest absolute Gasteiger partial charge is 0.493 e. The number of aliphatic hydroxyl groups excluding tert-OH is 1. The Bertz CT molecular complexity index is 401. The van der Waals surface area contributed by atoms with E-state index < -0.39 is 12.5 Å². The Labute approximate surface area is 111 Å². The summed E-state index contributed by atoms with van der Waals surface area (Å²) in [4.78, 5) is 0. The molecule has 0 aromatic heterocycles. The van der Waals surface area contributed by atoms with Crippen molar-refractivity contribution in [2.45, 2.75) is 25.5 Å². The highest BCUT2D eigenvalue weighted by Crippen LogP contribution is 2.29. The minimum atomic E-state index is -2.75. The van der Waals surface area contributed by atoms with Crippen LogP contribution in [0.2, 0.25) is 0 Å². The summed E-state index contributed by atoms with van der Waals surface area (Å²) in [6.45, 7) is 1.65. The summed E-state index contributed by atoms with van der Waals surface area (Å²) in [5.74, 6) is 1.18. The van der Waals surface area contributed by atoms with Crippen LogP contribution in [-0.4, -0.2) is 38.4 Å². The van der Waals surface area contributed by atoms with E-state index in [9.17, 15) is 8.78 Å². The van der Waals surface area contributed by atoms with E-state index in [2.05, 4.69) is 5.32 Å². The van der Waals surface area contributed by atoms with Gasteiger partial charge in [0.1, 0.15) is 6.10 Å². The van der Waals surface area contributed by atoms with E-state index in [0.29, 0.717) is 11.5 Å². The first-order valence-electron chi connectivity index (χ1n) is 5.91. The number of methoxy groups -OCH3 is 2. The lowest BCUT2D eigenvalue weighted by molar-refractivity contribution is -0.00439. The third-order valence-corrected chi connectivity index (χ3v) is 2.83. The van der Waals surface area contributed by atoms with Gasteiger partial charge in [0.15, 0.2) is 11.5 Å². The quantitative estimate of drug-likeness (QED) is 0.799. The van der Waals surface area contributed by atoms with Gasteiger partial charge in [-0.25, -0.2) is 8.78 Å². The number of rotatable bonds is 7. The molecule has 0 aliphatic rings. The predicted molar refractivity (Wildman–Crippen MR) is 68.0 cm³/mol. The molecule has 6 heteroatoms. The number of halogens is 2. The molecule has 0 aliphatic heterocycles. The van der Waals surface area contributed by atoms with Crippen LogP contribution in [0.1, 0.15) is 18.5 Å². The lowest BCUT2D eigenvalue weighted by atomic mass is 10.1. The fraction of sp³-hybridized carbons (Fsp3) is 0.538. The summed E-state index contributed by atoms with van der Waals surface area (Å²) >= 11 is 0. The van der Waals surface area contributed by atoms with E-state index in [1.165, 1.54) is 14.2 Å². The molecule has 0 aliphatic carbocycles. The van der Waals surface area contributed by atoms with Crippen LogP contribution < -0.4 is 14.8 Å². The highest BCUT2D eigenvalue weighted by Gasteiger charge is 2.18. The smallest absolute Gasteiger partial charge is 0.265 e. The predicted octanol–water partition coefficient (Wildman–Crippen LogP) is 1.98. The standard InChI is InChI=1S/C13H19F2NO3/c1-8(16-7-10(17)13(14)15)9-4-5-11(18-2)12(6-9)19-3/h4-6,8,10,13,16-17H,7H2,1-3H3. The van der Waals surface area contributed by atoms with Crippen molar-refractivity contribution in [1.29, 1.82) is 0 Å². The number of aliphatic hydroxyl groups is 1. The minimum absolute atomic E-state index is 0.173. The van der Waals surface area contributed by atoms with Gasteiger partial charge < -0.3 is 19.9 Å². The normalized spacial score (nSPS) is 14.3. The van der Waals surface area contributed by atoms with Crippen LogP contribution in [0.4, 0.5) is 8.78 Å². The number of hydrogen-bond donors (Lipinski definition) is 2. The van der Waals surface area contributed by atoms with Crippen molar-refractivity contribution < 1.29 is 23.4 Å². The first-order valence-corrected chi connectivity index (χ1v) is 5.91. The topological polar surface area (TPSA) is 50.7 Å². The van der Waals surface area contributed by atoms with Crippen LogP contribution in [0.3, 0.4) is 0 Å². The zero-order valence-electron chi connectivity index (χ0n) is 11.2. The van der Waals surface area contributed by atoms with Crippen molar-refractivity contribution in [2.75, 3.05) is 20.8 Å². The number of nitrogens with one attached hydrogen (secondary N) is 1. The summed E-state index contributed by atoms with van der Waals surface area (Å²) in [6.07, 6.45) is -4.41. The highest BCUT2D eigenvalue weighted by molar-refractivity contribution is 5.43. The second-order valence-electron chi connectivity index (χ2n) is 4.15. The van der Waals surface area contributed by atoms with Crippen LogP contribution >= 0.6 is 0 Å². The average Bonchev–Trinajstić information content (AvgIpc) is 2.43. The van der Waals surface area contributed by atoms with Gasteiger partial charge in [0, 0.05) is 12.6 Å². The first kappa shape index (κ1) is 15.7. The molecule has 2 unspecified atom stereocenters. The fourth-order valence-corrected chi connectivity index (χ4v) is 1.63. The third-order valence-electron chi connectivity index (χ3n) is 2.83. The second-order valence-corrected chi connectivity index (χ2v) is 4.15. The Balaban J connectivity index is 2.69. The number of benzene rings is 1. The second kappa shape index (κ2) is 7.25. The van der Waals surface area contributed by atoms with Gasteiger partial charge in [-0.05, 0) is 24.6 Å². The first-order chi connectivity index (χ1) is 8.99. The fourth-order valence-electron chi connectivity index (χ4n) is 1.63. The molecule has 2 atom stereocenters. The van der Waals surface area contributed by atoms with Gasteiger partial charge in [-0.1, -0.05) is 6.07 Å². The van der Waals surface area contributed by atoms with Gasteiger partial charge in [0.2, 0.25) is 0 Å². The van der Waals surface area contributed by atoms with Crippen LogP contribution in [-0.2, 0) is 0 Å². The number of ether oxygens (including phenoxy) is 2. The van der Waals surface area contributed by atoms with Crippen molar-refractivity contribution >= 4 is 0 Å². The zero-order chi connectivity index (χ0) is 14.4. The van der Waals surface area contributed by atoms with Crippen molar-refractivity contribution in [3.63, 3.8) is 0 Å². The minimum Gasteiger partial charge on any atom is -0.493 e. The maximum Gasteiger partial charge on any atom is 0.265 e. The van der Waals surface area contributed by atoms with Gasteiger partial charge in [-0.2, -0.15) is 0 Å². The van der Waals surface area contributed by atoms with E-state index in [1.54, 1.807) is 12.1 Å². The van der Waals surface area contributed by atoms with Gasteiger partial charge in [-0.3, -0.25) is 0 Å². The highest BCUT2D eigenvalue weighted by atomic mass is 19.3. The van der Waals surface area contributed by atoms with E-state index in [4.69, 9.17) is 14.6 Å². The van der Waals surface area contributed by atoms with E-state index in [0.717, 1.165) is 5.56 Å². The summed E-state index contributed by atoms with van der Waals surface area (Å²) in [5.41, 5.74) is 0.860. The molecule has 0 saturated carbocycles. The van der Waals surface area contributed by atoms with Gasteiger partial charge in [0.05, 0.1) is 14.2 Å². The molecule has 0 radical (unpaired) electrons. The molecule has 0 fully saturated rings. The monoisotopic (exact) mass is 275 g/mol. The average molecular weight is 275 g/mol. The Kier molecular flexibility index (Phi) is 5.98. The molecule has 1 aromatic rings. The van der Waals surface area contributed by atoms with E-state index in [1.807, 2.05) is 13.0 Å². The lowest BCUT2D eigenvalue weighted by Gasteiger charge is -2.18. The van der Waals surface area contributed by atoms with Gasteiger partial charge >= 0.3 is 0 Å². The van der Waals surface area contributed by atoms with Crippen LogP contribution in [0.5, 0.6) is 11.5 Å². The summed E-state index contributed by atoms with van der Waals surface area (Å²) in [5, 5.41) is 11.9. The molecule has 1 aromatic carbocycles. The SMILES string of the molecule is COc1ccc(C(C)NCC(O)C(F)F)cc1OC. The molecule has 4 nitrogen and oxygen atoms in total. The Morgan fingerprint density at radius 1 is 1.21 bits per heavy atom. The van der Waals surface area contributed by atoms with Gasteiger partial charge in [0.25, 0.3) is 6.43 Å². The van der Waals surface area contributed by atoms with Crippen molar-refractivity contribution in [3.8, 4) is 11.5 Å². The van der Waals surface area contributed by atoms with Crippen LogP contribution in [0.15, 0.2) is 18.2 Å². The van der Waals surface area contributed by atoms with E-state index in [-0.39, 0.29) is 12.6 Å². The Hall–Kier alpha value is -1.40. The molecule has 1 rings (SSSR count). The van der Waals surface area contributed by atoms with Crippen molar-refractivity contribution in [1.82, 2.24) is 5.32 Å². The number of hydrogen-bond acceptors (Lipinski definition) is 4. The van der Waals surface area contributed by atoms with Crippen LogP contribution in [0.25, 0.3) is 0 Å². The van der Waals surface area contributed by atoms with Gasteiger partial charge in [-0.15, -0.1) is 0 Å². The molecule has 0 bridgehead atoms. The molecule has 0 saturated heterocycles. The maximum absolute atomic E-state index is 12.2. The lowest BCUT2D eigenvalue weighted by Crippen LogP contribution is -2.33. The molecule has 0 amide bonds. The summed E-state index contributed by atoms with van der Waals surface area (Å²) < 4.78 is 34.6. The van der Waals surface area contributed by atoms with E-state index >= 15 is 0 Å². The van der Waals surface area contributed by atoms with Crippen molar-refractivity contribution in [3.05, 3.63) is 23.8 Å². The number of alkyl halides is 2. The molecule has 0 spiro atoms. The molecular weight excluding hydrogens is 256 g/mol. The summed E-state index contributed by atoms with van der Waals surface area (Å²) in [7, 11) is 3.07. The molecular formula is C13H19F2NO3. The molecule has 2 N–H and O–H groups in total. The maximum atomic E-state index is 12.2. The third kappa shape index (κ3) is 4.33. The Morgan fingerprint density at radius 2 is 1.84 bits per heavy atom. The zero-order valence-corrected chi connectivity index (χ0v) is 11.2.